The van der Waals surface area contributed by atoms with Crippen molar-refractivity contribution in [3.05, 3.63) is 34.3 Å². The Labute approximate surface area is 125 Å². The maximum absolute atomic E-state index is 4.43. The summed E-state index contributed by atoms with van der Waals surface area (Å²) in [5.74, 6) is 0.985. The van der Waals surface area contributed by atoms with Crippen LogP contribution in [-0.2, 0) is 19.0 Å². The van der Waals surface area contributed by atoms with E-state index in [9.17, 15) is 0 Å². The molecule has 20 heavy (non-hydrogen) atoms. The van der Waals surface area contributed by atoms with Crippen LogP contribution in [0.15, 0.2) is 23.7 Å². The molecular weight excluding hydrogens is 268 g/mol. The molecule has 2 heterocycles. The van der Waals surface area contributed by atoms with E-state index in [4.69, 9.17) is 0 Å². The molecule has 5 heteroatoms. The molecule has 2 aromatic rings. The van der Waals surface area contributed by atoms with Crippen LogP contribution in [0.2, 0.25) is 0 Å². The fourth-order valence-corrected chi connectivity index (χ4v) is 3.12. The van der Waals surface area contributed by atoms with Gasteiger partial charge in [-0.3, -0.25) is 0 Å². The Morgan fingerprint density at radius 1 is 1.40 bits per heavy atom. The summed E-state index contributed by atoms with van der Waals surface area (Å²) in [6.07, 6.45) is 1.94. The number of rotatable bonds is 6. The van der Waals surface area contributed by atoms with Gasteiger partial charge in [-0.2, -0.15) is 0 Å². The van der Waals surface area contributed by atoms with Gasteiger partial charge in [0.2, 0.25) is 5.95 Å². The Morgan fingerprint density at radius 2 is 2.15 bits per heavy atom. The predicted octanol–water partition coefficient (Wildman–Crippen LogP) is 2.62. The molecule has 0 spiro atoms. The van der Waals surface area contributed by atoms with Crippen LogP contribution in [0.3, 0.4) is 0 Å². The Kier molecular flexibility index (Phi) is 4.50. The van der Waals surface area contributed by atoms with Crippen LogP contribution in [0.4, 0.5) is 5.95 Å². The van der Waals surface area contributed by atoms with Crippen molar-refractivity contribution in [3.8, 4) is 0 Å². The largest absolute Gasteiger partial charge is 0.348 e. The number of hydrogen-bond acceptors (Lipinski definition) is 4. The molecule has 0 radical (unpaired) electrons. The maximum atomic E-state index is 4.43. The first-order valence-electron chi connectivity index (χ1n) is 6.84. The molecule has 0 aliphatic carbocycles. The third kappa shape index (κ3) is 3.22. The van der Waals surface area contributed by atoms with Gasteiger partial charge in [0.05, 0.1) is 11.9 Å². The highest BCUT2D eigenvalue weighted by Crippen LogP contribution is 2.26. The second-order valence-electron chi connectivity index (χ2n) is 5.97. The predicted molar refractivity (Wildman–Crippen MR) is 86.6 cm³/mol. The standard InChI is InChI=1S/C15H24N4S/c1-15(2,13-7-6-8-20-13)11-16-9-12-10-17-14(18(3)4)19(12)5/h6-8,10,16H,9,11H2,1-5H3. The Bertz CT molecular complexity index is 540. The molecule has 1 N–H and O–H groups in total. The third-order valence-electron chi connectivity index (χ3n) is 3.52. The first kappa shape index (κ1) is 15.1. The van der Waals surface area contributed by atoms with E-state index in [0.717, 1.165) is 19.0 Å². The molecule has 0 aliphatic heterocycles. The third-order valence-corrected chi connectivity index (χ3v) is 4.76. The van der Waals surface area contributed by atoms with Crippen LogP contribution >= 0.6 is 11.3 Å². The van der Waals surface area contributed by atoms with Crippen molar-refractivity contribution >= 4 is 17.3 Å². The van der Waals surface area contributed by atoms with Gasteiger partial charge < -0.3 is 14.8 Å². The van der Waals surface area contributed by atoms with Gasteiger partial charge in [-0.1, -0.05) is 19.9 Å². The van der Waals surface area contributed by atoms with E-state index in [1.807, 2.05) is 36.5 Å². The maximum Gasteiger partial charge on any atom is 0.204 e. The lowest BCUT2D eigenvalue weighted by Gasteiger charge is -2.24. The second kappa shape index (κ2) is 5.97. The van der Waals surface area contributed by atoms with Gasteiger partial charge in [-0.15, -0.1) is 11.3 Å². The highest BCUT2D eigenvalue weighted by Gasteiger charge is 2.21. The highest BCUT2D eigenvalue weighted by molar-refractivity contribution is 7.10. The molecule has 2 aromatic heterocycles. The molecule has 0 fully saturated rings. The van der Waals surface area contributed by atoms with Crippen molar-refractivity contribution in [2.45, 2.75) is 25.8 Å². The number of thiophene rings is 1. The Hall–Kier alpha value is -1.33. The van der Waals surface area contributed by atoms with Crippen LogP contribution in [-0.4, -0.2) is 30.2 Å². The number of aromatic nitrogens is 2. The molecule has 0 aromatic carbocycles. The van der Waals surface area contributed by atoms with Crippen LogP contribution in [0, 0.1) is 0 Å². The molecule has 0 saturated heterocycles. The minimum absolute atomic E-state index is 0.164. The van der Waals surface area contributed by atoms with E-state index >= 15 is 0 Å². The molecule has 0 bridgehead atoms. The van der Waals surface area contributed by atoms with Crippen LogP contribution in [0.5, 0.6) is 0 Å². The fraction of sp³-hybridized carbons (Fsp3) is 0.533. The summed E-state index contributed by atoms with van der Waals surface area (Å²) in [7, 11) is 6.09. The van der Waals surface area contributed by atoms with Crippen LogP contribution in [0.25, 0.3) is 0 Å². The molecule has 2 rings (SSSR count). The summed E-state index contributed by atoms with van der Waals surface area (Å²) in [6, 6.07) is 4.33. The van der Waals surface area contributed by atoms with E-state index < -0.39 is 0 Å². The lowest BCUT2D eigenvalue weighted by atomic mass is 9.91. The molecule has 0 aliphatic rings. The first-order valence-corrected chi connectivity index (χ1v) is 7.72. The lowest BCUT2D eigenvalue weighted by molar-refractivity contribution is 0.472. The van der Waals surface area contributed by atoms with Gasteiger partial charge >= 0.3 is 0 Å². The van der Waals surface area contributed by atoms with Gasteiger partial charge in [-0.25, -0.2) is 4.98 Å². The number of nitrogens with zero attached hydrogens (tertiary/aromatic N) is 3. The van der Waals surface area contributed by atoms with Crippen molar-refractivity contribution in [2.24, 2.45) is 7.05 Å². The monoisotopic (exact) mass is 292 g/mol. The zero-order valence-electron chi connectivity index (χ0n) is 13.0. The summed E-state index contributed by atoms with van der Waals surface area (Å²) < 4.78 is 2.13. The molecule has 0 unspecified atom stereocenters. The molecule has 0 atom stereocenters. The number of nitrogens with one attached hydrogen (secondary N) is 1. The van der Waals surface area contributed by atoms with Gasteiger partial charge in [-0.05, 0) is 11.4 Å². The second-order valence-corrected chi connectivity index (χ2v) is 6.92. The fourth-order valence-electron chi connectivity index (χ4n) is 2.27. The van der Waals surface area contributed by atoms with Crippen molar-refractivity contribution in [2.75, 3.05) is 25.5 Å². The molecule has 0 saturated carbocycles. The average Bonchev–Trinajstić information content (AvgIpc) is 2.99. The van der Waals surface area contributed by atoms with E-state index in [-0.39, 0.29) is 5.41 Å². The van der Waals surface area contributed by atoms with Crippen molar-refractivity contribution in [1.29, 1.82) is 0 Å². The first-order chi connectivity index (χ1) is 9.42. The highest BCUT2D eigenvalue weighted by atomic mass is 32.1. The quantitative estimate of drug-likeness (QED) is 0.888. The zero-order valence-corrected chi connectivity index (χ0v) is 13.8. The van der Waals surface area contributed by atoms with Gasteiger partial charge in [0.25, 0.3) is 0 Å². The molecule has 0 amide bonds. The summed E-state index contributed by atoms with van der Waals surface area (Å²) in [5.41, 5.74) is 1.37. The van der Waals surface area contributed by atoms with E-state index in [1.54, 1.807) is 0 Å². The Morgan fingerprint density at radius 3 is 2.70 bits per heavy atom. The van der Waals surface area contributed by atoms with Crippen molar-refractivity contribution in [1.82, 2.24) is 14.9 Å². The van der Waals surface area contributed by atoms with E-state index in [1.165, 1.54) is 10.6 Å². The number of hydrogen-bond donors (Lipinski definition) is 1. The average molecular weight is 292 g/mol. The lowest BCUT2D eigenvalue weighted by Crippen LogP contribution is -2.32. The smallest absolute Gasteiger partial charge is 0.204 e. The van der Waals surface area contributed by atoms with Gasteiger partial charge in [0, 0.05) is 44.5 Å². The normalized spacial score (nSPS) is 11.8. The molecule has 4 nitrogen and oxygen atoms in total. The van der Waals surface area contributed by atoms with Crippen molar-refractivity contribution < 1.29 is 0 Å². The van der Waals surface area contributed by atoms with Crippen LogP contribution in [0.1, 0.15) is 24.4 Å². The number of anilines is 1. The zero-order chi connectivity index (χ0) is 14.8. The minimum Gasteiger partial charge on any atom is -0.348 e. The van der Waals surface area contributed by atoms with E-state index in [2.05, 4.69) is 53.3 Å². The molecule has 110 valence electrons. The molecular formula is C15H24N4S. The summed E-state index contributed by atoms with van der Waals surface area (Å²) in [6.45, 7) is 6.35. The van der Waals surface area contributed by atoms with E-state index in [0.29, 0.717) is 0 Å². The van der Waals surface area contributed by atoms with Crippen molar-refractivity contribution in [3.63, 3.8) is 0 Å². The SMILES string of the molecule is CN(C)c1ncc(CNCC(C)(C)c2cccs2)n1C. The van der Waals surface area contributed by atoms with Gasteiger partial charge in [0.15, 0.2) is 0 Å². The Balaban J connectivity index is 1.93. The van der Waals surface area contributed by atoms with Gasteiger partial charge in [0.1, 0.15) is 0 Å². The summed E-state index contributed by atoms with van der Waals surface area (Å²) >= 11 is 1.82. The number of imidazole rings is 1. The summed E-state index contributed by atoms with van der Waals surface area (Å²) in [5, 5.41) is 5.69. The summed E-state index contributed by atoms with van der Waals surface area (Å²) in [4.78, 5) is 7.88. The topological polar surface area (TPSA) is 33.1 Å². The minimum atomic E-state index is 0.164. The van der Waals surface area contributed by atoms with Crippen LogP contribution < -0.4 is 10.2 Å².